The molecule has 2 aromatic carbocycles. The van der Waals surface area contributed by atoms with E-state index in [-0.39, 0.29) is 0 Å². The maximum absolute atomic E-state index is 5.94. The molecule has 6 nitrogen and oxygen atoms in total. The van der Waals surface area contributed by atoms with Crippen LogP contribution in [-0.2, 0) is 6.54 Å². The fourth-order valence-electron chi connectivity index (χ4n) is 4.05. The molecule has 0 spiro atoms. The molecule has 2 aliphatic rings. The fourth-order valence-corrected chi connectivity index (χ4v) is 4.79. The van der Waals surface area contributed by atoms with E-state index in [1.54, 1.807) is 18.9 Å². The summed E-state index contributed by atoms with van der Waals surface area (Å²) < 4.78 is 11.5. The molecule has 4 rings (SSSR count). The molecule has 32 heavy (non-hydrogen) atoms. The first-order chi connectivity index (χ1) is 15.8. The van der Waals surface area contributed by atoms with Gasteiger partial charge in [-0.05, 0) is 49.2 Å². The lowest BCUT2D eigenvalue weighted by molar-refractivity contribution is 0.238. The summed E-state index contributed by atoms with van der Waals surface area (Å²) in [6.45, 7) is 7.93. The number of hydrogen-bond acceptors (Lipinski definition) is 7. The highest BCUT2D eigenvalue weighted by molar-refractivity contribution is 8.14. The van der Waals surface area contributed by atoms with Crippen LogP contribution in [0.1, 0.15) is 18.4 Å². The standard InChI is InChI=1S/C25H34N4O2S/c1-30-24-7-3-2-6-23(24)29-16-14-28(15-17-29)13-4-5-18-31-22-10-8-21(9-11-22)20-27-25-26-12-19-32-25/h2-3,6-11H,4-5,12-20H2,1H3,(H,26,27). The van der Waals surface area contributed by atoms with Gasteiger partial charge in [-0.2, -0.15) is 0 Å². The number of hydrogen-bond donors (Lipinski definition) is 1. The molecule has 0 atom stereocenters. The SMILES string of the molecule is COc1ccccc1N1CCN(CCCCOc2ccc(CNC3=NCCS3)cc2)CC1. The number of methoxy groups -OCH3 is 1. The van der Waals surface area contributed by atoms with Gasteiger partial charge >= 0.3 is 0 Å². The number of rotatable bonds is 10. The summed E-state index contributed by atoms with van der Waals surface area (Å²) in [5.41, 5.74) is 2.45. The van der Waals surface area contributed by atoms with Crippen molar-refractivity contribution in [2.45, 2.75) is 19.4 Å². The summed E-state index contributed by atoms with van der Waals surface area (Å²) in [5.74, 6) is 3.00. The zero-order valence-electron chi connectivity index (χ0n) is 19.0. The van der Waals surface area contributed by atoms with E-state index in [0.29, 0.717) is 0 Å². The van der Waals surface area contributed by atoms with Crippen molar-refractivity contribution >= 4 is 22.6 Å². The molecule has 0 aliphatic carbocycles. The minimum absolute atomic E-state index is 0.770. The van der Waals surface area contributed by atoms with Gasteiger partial charge in [-0.3, -0.25) is 9.89 Å². The molecule has 0 aromatic heterocycles. The Hall–Kier alpha value is -2.38. The van der Waals surface area contributed by atoms with Crippen molar-refractivity contribution in [3.8, 4) is 11.5 Å². The van der Waals surface area contributed by atoms with Crippen molar-refractivity contribution in [1.82, 2.24) is 10.2 Å². The van der Waals surface area contributed by atoms with Crippen molar-refractivity contribution in [3.05, 3.63) is 54.1 Å². The van der Waals surface area contributed by atoms with Gasteiger partial charge < -0.3 is 19.7 Å². The number of aliphatic imine (C=N–C) groups is 1. The molecule has 0 bridgehead atoms. The molecule has 7 heteroatoms. The Morgan fingerprint density at radius 3 is 2.56 bits per heavy atom. The molecule has 1 N–H and O–H groups in total. The molecule has 0 unspecified atom stereocenters. The molecule has 2 heterocycles. The van der Waals surface area contributed by atoms with E-state index in [1.807, 2.05) is 12.1 Å². The number of nitrogens with zero attached hydrogens (tertiary/aromatic N) is 3. The Bertz CT molecular complexity index is 867. The molecule has 0 saturated carbocycles. The molecule has 172 valence electrons. The zero-order valence-corrected chi connectivity index (χ0v) is 19.8. The normalized spacial score (nSPS) is 16.7. The monoisotopic (exact) mass is 454 g/mol. The van der Waals surface area contributed by atoms with E-state index in [1.165, 1.54) is 11.3 Å². The number of anilines is 1. The molecule has 2 aliphatic heterocycles. The Balaban J connectivity index is 1.09. The van der Waals surface area contributed by atoms with Crippen LogP contribution in [0.2, 0.25) is 0 Å². The first kappa shape index (κ1) is 22.8. The van der Waals surface area contributed by atoms with E-state index >= 15 is 0 Å². The molecular weight excluding hydrogens is 420 g/mol. The summed E-state index contributed by atoms with van der Waals surface area (Å²) in [6, 6.07) is 16.7. The van der Waals surface area contributed by atoms with Gasteiger partial charge in [-0.15, -0.1) is 0 Å². The molecule has 1 fully saturated rings. The van der Waals surface area contributed by atoms with Gasteiger partial charge in [0.1, 0.15) is 11.5 Å². The summed E-state index contributed by atoms with van der Waals surface area (Å²) in [4.78, 5) is 9.40. The average molecular weight is 455 g/mol. The smallest absolute Gasteiger partial charge is 0.156 e. The number of para-hydroxylation sites is 2. The quantitative estimate of drug-likeness (QED) is 0.550. The van der Waals surface area contributed by atoms with E-state index in [4.69, 9.17) is 9.47 Å². The van der Waals surface area contributed by atoms with Gasteiger partial charge in [0.15, 0.2) is 5.17 Å². The van der Waals surface area contributed by atoms with Crippen molar-refractivity contribution in [2.75, 3.05) is 63.6 Å². The van der Waals surface area contributed by atoms with Gasteiger partial charge in [0.2, 0.25) is 0 Å². The van der Waals surface area contributed by atoms with Crippen LogP contribution in [-0.4, -0.2) is 68.8 Å². The van der Waals surface area contributed by atoms with Crippen molar-refractivity contribution in [3.63, 3.8) is 0 Å². The highest BCUT2D eigenvalue weighted by atomic mass is 32.2. The topological polar surface area (TPSA) is 49.3 Å². The van der Waals surface area contributed by atoms with E-state index in [9.17, 15) is 0 Å². The highest BCUT2D eigenvalue weighted by Crippen LogP contribution is 2.28. The molecular formula is C25H34N4O2S. The van der Waals surface area contributed by atoms with Gasteiger partial charge in [0, 0.05) is 38.5 Å². The molecule has 2 aromatic rings. The van der Waals surface area contributed by atoms with Crippen LogP contribution >= 0.6 is 11.8 Å². The average Bonchev–Trinajstić information content (AvgIpc) is 3.37. The van der Waals surface area contributed by atoms with Crippen LogP contribution < -0.4 is 19.7 Å². The second kappa shape index (κ2) is 12.0. The maximum atomic E-state index is 5.94. The van der Waals surface area contributed by atoms with Crippen LogP contribution in [0.3, 0.4) is 0 Å². The van der Waals surface area contributed by atoms with Gasteiger partial charge in [-0.1, -0.05) is 36.0 Å². The number of piperazine rings is 1. The third kappa shape index (κ3) is 6.56. The first-order valence-electron chi connectivity index (χ1n) is 11.5. The Labute approximate surface area is 196 Å². The number of benzene rings is 2. The second-order valence-electron chi connectivity index (χ2n) is 8.09. The summed E-state index contributed by atoms with van der Waals surface area (Å²) in [7, 11) is 1.74. The van der Waals surface area contributed by atoms with Crippen LogP contribution in [0.4, 0.5) is 5.69 Å². The molecule has 1 saturated heterocycles. The van der Waals surface area contributed by atoms with Crippen LogP contribution in [0.5, 0.6) is 11.5 Å². The van der Waals surface area contributed by atoms with E-state index in [2.05, 4.69) is 56.5 Å². The van der Waals surface area contributed by atoms with Crippen LogP contribution in [0, 0.1) is 0 Å². The number of ether oxygens (including phenoxy) is 2. The van der Waals surface area contributed by atoms with Gasteiger partial charge in [0.25, 0.3) is 0 Å². The zero-order chi connectivity index (χ0) is 22.0. The summed E-state index contributed by atoms with van der Waals surface area (Å²) >= 11 is 1.79. The largest absolute Gasteiger partial charge is 0.495 e. The third-order valence-corrected chi connectivity index (χ3v) is 6.82. The second-order valence-corrected chi connectivity index (χ2v) is 9.17. The van der Waals surface area contributed by atoms with Crippen molar-refractivity contribution < 1.29 is 9.47 Å². The molecule has 0 radical (unpaired) electrons. The van der Waals surface area contributed by atoms with Gasteiger partial charge in [0.05, 0.1) is 25.9 Å². The number of thioether (sulfide) groups is 1. The minimum atomic E-state index is 0.770. The summed E-state index contributed by atoms with van der Waals surface area (Å²) in [6.07, 6.45) is 2.24. The molecule has 0 amide bonds. The predicted molar refractivity (Wildman–Crippen MR) is 134 cm³/mol. The van der Waals surface area contributed by atoms with Crippen LogP contribution in [0.25, 0.3) is 0 Å². The number of amidine groups is 1. The third-order valence-electron chi connectivity index (χ3n) is 5.89. The fraction of sp³-hybridized carbons (Fsp3) is 0.480. The number of nitrogens with one attached hydrogen (secondary N) is 1. The van der Waals surface area contributed by atoms with Crippen molar-refractivity contribution in [2.24, 2.45) is 4.99 Å². The Kier molecular flexibility index (Phi) is 8.56. The minimum Gasteiger partial charge on any atom is -0.495 e. The Morgan fingerprint density at radius 1 is 1.00 bits per heavy atom. The Morgan fingerprint density at radius 2 is 1.81 bits per heavy atom. The van der Waals surface area contributed by atoms with E-state index in [0.717, 1.165) is 87.7 Å². The maximum Gasteiger partial charge on any atom is 0.156 e. The highest BCUT2D eigenvalue weighted by Gasteiger charge is 2.19. The number of unbranched alkanes of at least 4 members (excludes halogenated alkanes) is 1. The van der Waals surface area contributed by atoms with Gasteiger partial charge in [-0.25, -0.2) is 0 Å². The van der Waals surface area contributed by atoms with Crippen LogP contribution in [0.15, 0.2) is 53.5 Å². The first-order valence-corrected chi connectivity index (χ1v) is 12.5. The lowest BCUT2D eigenvalue weighted by Crippen LogP contribution is -2.46. The lowest BCUT2D eigenvalue weighted by Gasteiger charge is -2.36. The predicted octanol–water partition coefficient (Wildman–Crippen LogP) is 3.87. The summed E-state index contributed by atoms with van der Waals surface area (Å²) in [5, 5.41) is 4.45. The van der Waals surface area contributed by atoms with E-state index < -0.39 is 0 Å². The lowest BCUT2D eigenvalue weighted by atomic mass is 10.2. The van der Waals surface area contributed by atoms with Crippen molar-refractivity contribution in [1.29, 1.82) is 0 Å².